The van der Waals surface area contributed by atoms with E-state index in [4.69, 9.17) is 14.2 Å². The zero-order chi connectivity index (χ0) is 29.1. The van der Waals surface area contributed by atoms with Crippen molar-refractivity contribution in [3.8, 4) is 27.7 Å². The topological polar surface area (TPSA) is 48.0 Å². The second kappa shape index (κ2) is 12.1. The molecule has 1 saturated heterocycles. The first-order chi connectivity index (χ1) is 19.7. The molecular weight excluding hydrogens is 558 g/mol. The van der Waals surface area contributed by atoms with E-state index in [1.165, 1.54) is 13.2 Å². The Balaban J connectivity index is 1.47. The molecule has 0 amide bonds. The van der Waals surface area contributed by atoms with Gasteiger partial charge in [0.05, 0.1) is 24.2 Å². The van der Waals surface area contributed by atoms with E-state index in [9.17, 15) is 22.4 Å². The van der Waals surface area contributed by atoms with Gasteiger partial charge in [-0.2, -0.15) is 0 Å². The number of ether oxygens (including phenoxy) is 3. The summed E-state index contributed by atoms with van der Waals surface area (Å²) in [5.74, 6) is -3.22. The van der Waals surface area contributed by atoms with Crippen LogP contribution in [0.2, 0.25) is 0 Å². The highest BCUT2D eigenvalue weighted by Crippen LogP contribution is 2.49. The summed E-state index contributed by atoms with van der Waals surface area (Å²) in [6, 6.07) is 15.1. The average Bonchev–Trinajstić information content (AvgIpc) is 3.55. The van der Waals surface area contributed by atoms with Gasteiger partial charge in [-0.05, 0) is 67.4 Å². The first-order valence-electron chi connectivity index (χ1n) is 13.2. The lowest BCUT2D eigenvalue weighted by Crippen LogP contribution is -2.26. The van der Waals surface area contributed by atoms with Gasteiger partial charge < -0.3 is 14.2 Å². The average molecular weight is 588 g/mol. The molecule has 0 unspecified atom stereocenters. The molecule has 1 aliphatic heterocycles. The Morgan fingerprint density at radius 2 is 1.83 bits per heavy atom. The van der Waals surface area contributed by atoms with Crippen LogP contribution >= 0.6 is 11.3 Å². The van der Waals surface area contributed by atoms with E-state index in [-0.39, 0.29) is 18.3 Å². The molecule has 1 fully saturated rings. The van der Waals surface area contributed by atoms with Crippen molar-refractivity contribution in [1.82, 2.24) is 4.90 Å². The molecular formula is C31H29F4NO4S. The van der Waals surface area contributed by atoms with Gasteiger partial charge in [0.2, 0.25) is 0 Å². The van der Waals surface area contributed by atoms with Crippen molar-refractivity contribution in [2.75, 3.05) is 33.4 Å². The maximum Gasteiger partial charge on any atom is 0.337 e. The van der Waals surface area contributed by atoms with Gasteiger partial charge in [0.1, 0.15) is 23.4 Å². The van der Waals surface area contributed by atoms with Crippen LogP contribution in [0.5, 0.6) is 17.2 Å². The number of rotatable bonds is 10. The molecule has 0 N–H and O–H groups in total. The minimum Gasteiger partial charge on any atom is -0.489 e. The molecule has 1 atom stereocenters. The molecule has 0 aliphatic carbocycles. The maximum atomic E-state index is 14.6. The van der Waals surface area contributed by atoms with E-state index in [1.54, 1.807) is 42.5 Å². The monoisotopic (exact) mass is 587 g/mol. The molecule has 0 radical (unpaired) electrons. The van der Waals surface area contributed by atoms with E-state index >= 15 is 0 Å². The summed E-state index contributed by atoms with van der Waals surface area (Å²) in [6.07, 6.45) is 1.37. The van der Waals surface area contributed by atoms with Crippen molar-refractivity contribution >= 4 is 27.4 Å². The van der Waals surface area contributed by atoms with Crippen molar-refractivity contribution in [3.63, 3.8) is 0 Å². The zero-order valence-electron chi connectivity index (χ0n) is 22.6. The minimum atomic E-state index is -3.32. The third-order valence-corrected chi connectivity index (χ3v) is 8.12. The van der Waals surface area contributed by atoms with Crippen LogP contribution in [0.25, 0.3) is 20.5 Å². The van der Waals surface area contributed by atoms with Gasteiger partial charge in [0.25, 0.3) is 5.92 Å². The molecule has 3 aromatic carbocycles. The number of halogens is 4. The van der Waals surface area contributed by atoms with E-state index in [0.717, 1.165) is 49.9 Å². The lowest BCUT2D eigenvalue weighted by molar-refractivity contribution is 0.0178. The van der Waals surface area contributed by atoms with Gasteiger partial charge in [-0.15, -0.1) is 11.3 Å². The Labute approximate surface area is 239 Å². The van der Waals surface area contributed by atoms with Crippen LogP contribution in [-0.2, 0) is 10.7 Å². The fraction of sp³-hybridized carbons (Fsp3) is 0.323. The first kappa shape index (κ1) is 28.9. The Morgan fingerprint density at radius 3 is 2.54 bits per heavy atom. The predicted octanol–water partition coefficient (Wildman–Crippen LogP) is 8.21. The Morgan fingerprint density at radius 1 is 1.07 bits per heavy atom. The number of alkyl halides is 3. The highest BCUT2D eigenvalue weighted by molar-refractivity contribution is 7.22. The number of nitrogens with zero attached hydrogens (tertiary/aromatic N) is 1. The number of thiophene rings is 1. The standard InChI is InChI=1S/C31H29F4NO4S/c1-31(34,35)26-17-20(33)5-11-24(26)29-28(25-10-4-19(30(37)38-2)16-27(25)41-29)40-22-8-6-21(7-9-22)39-23-12-15-36(18-23)14-3-13-32/h4-11,16-17,23H,3,12-15,18H2,1-2H3/t23-/m0/s1. The molecule has 5 rings (SSSR count). The van der Waals surface area contributed by atoms with E-state index in [0.29, 0.717) is 50.7 Å². The fourth-order valence-corrected chi connectivity index (χ4v) is 6.16. The lowest BCUT2D eigenvalue weighted by atomic mass is 10.00. The van der Waals surface area contributed by atoms with Gasteiger partial charge in [-0.25, -0.2) is 18.0 Å². The molecule has 2 heterocycles. The molecule has 216 valence electrons. The summed E-state index contributed by atoms with van der Waals surface area (Å²) >= 11 is 1.16. The van der Waals surface area contributed by atoms with Crippen LogP contribution in [-0.4, -0.2) is 50.4 Å². The summed E-state index contributed by atoms with van der Waals surface area (Å²) in [5.41, 5.74) is -0.0348. The van der Waals surface area contributed by atoms with Gasteiger partial charge in [-0.1, -0.05) is 6.07 Å². The van der Waals surface area contributed by atoms with Crippen LogP contribution in [0.1, 0.15) is 35.7 Å². The van der Waals surface area contributed by atoms with Crippen molar-refractivity contribution in [3.05, 3.63) is 77.6 Å². The number of fused-ring (bicyclic) bond motifs is 1. The van der Waals surface area contributed by atoms with Crippen LogP contribution in [0.3, 0.4) is 0 Å². The van der Waals surface area contributed by atoms with Crippen molar-refractivity contribution < 1.29 is 36.6 Å². The smallest absolute Gasteiger partial charge is 0.337 e. The number of hydrogen-bond donors (Lipinski definition) is 0. The molecule has 10 heteroatoms. The van der Waals surface area contributed by atoms with Crippen LogP contribution in [0.15, 0.2) is 60.7 Å². The van der Waals surface area contributed by atoms with Crippen LogP contribution < -0.4 is 9.47 Å². The maximum absolute atomic E-state index is 14.6. The molecule has 0 saturated carbocycles. The zero-order valence-corrected chi connectivity index (χ0v) is 23.4. The van der Waals surface area contributed by atoms with E-state index < -0.39 is 23.3 Å². The van der Waals surface area contributed by atoms with Gasteiger partial charge in [-0.3, -0.25) is 9.29 Å². The third-order valence-electron chi connectivity index (χ3n) is 6.95. The van der Waals surface area contributed by atoms with Crippen molar-refractivity contribution in [2.45, 2.75) is 31.8 Å². The van der Waals surface area contributed by atoms with Crippen LogP contribution in [0.4, 0.5) is 17.6 Å². The van der Waals surface area contributed by atoms with Gasteiger partial charge in [0.15, 0.2) is 5.75 Å². The summed E-state index contributed by atoms with van der Waals surface area (Å²) < 4.78 is 73.6. The number of methoxy groups -OCH3 is 1. The number of esters is 1. The van der Waals surface area contributed by atoms with E-state index in [2.05, 4.69) is 4.90 Å². The van der Waals surface area contributed by atoms with Crippen LogP contribution in [0, 0.1) is 5.82 Å². The Bertz CT molecular complexity index is 1530. The summed E-state index contributed by atoms with van der Waals surface area (Å²) in [7, 11) is 1.28. The van der Waals surface area contributed by atoms with Gasteiger partial charge in [0, 0.05) is 47.8 Å². The Hall–Kier alpha value is -3.63. The van der Waals surface area contributed by atoms with Crippen molar-refractivity contribution in [1.29, 1.82) is 0 Å². The summed E-state index contributed by atoms with van der Waals surface area (Å²) in [5, 5.41) is 0.604. The molecule has 41 heavy (non-hydrogen) atoms. The largest absolute Gasteiger partial charge is 0.489 e. The van der Waals surface area contributed by atoms with Crippen molar-refractivity contribution in [2.24, 2.45) is 0 Å². The fourth-order valence-electron chi connectivity index (χ4n) is 4.95. The van der Waals surface area contributed by atoms with Gasteiger partial charge >= 0.3 is 5.97 Å². The second-order valence-corrected chi connectivity index (χ2v) is 11.0. The second-order valence-electron chi connectivity index (χ2n) is 9.99. The molecule has 1 aromatic heterocycles. The number of likely N-dealkylation sites (tertiary alicyclic amines) is 1. The predicted molar refractivity (Wildman–Crippen MR) is 151 cm³/mol. The molecule has 4 aromatic rings. The Kier molecular flexibility index (Phi) is 8.51. The minimum absolute atomic E-state index is 0.00501. The highest BCUT2D eigenvalue weighted by atomic mass is 32.1. The molecule has 0 bridgehead atoms. The SMILES string of the molecule is COC(=O)c1ccc2c(Oc3ccc(O[C@H]4CCN(CCCF)C4)cc3)c(-c3ccc(F)cc3C(C)(F)F)sc2c1. The molecule has 1 aliphatic rings. The third kappa shape index (κ3) is 6.49. The number of carbonyl (C=O) groups is 1. The molecule has 0 spiro atoms. The lowest BCUT2D eigenvalue weighted by Gasteiger charge is -2.17. The number of carbonyl (C=O) groups excluding carboxylic acids is 1. The van der Waals surface area contributed by atoms with E-state index in [1.807, 2.05) is 0 Å². The number of benzene rings is 3. The summed E-state index contributed by atoms with van der Waals surface area (Å²) in [6.45, 7) is 2.69. The quantitative estimate of drug-likeness (QED) is 0.138. The molecule has 5 nitrogen and oxygen atoms in total. The highest BCUT2D eigenvalue weighted by Gasteiger charge is 2.31. The first-order valence-corrected chi connectivity index (χ1v) is 14.0. The summed E-state index contributed by atoms with van der Waals surface area (Å²) in [4.78, 5) is 14.7. The normalized spacial score (nSPS) is 15.8. The number of hydrogen-bond acceptors (Lipinski definition) is 6.